The van der Waals surface area contributed by atoms with Crippen LogP contribution < -0.4 is 55.1 Å². The first-order valence-corrected chi connectivity index (χ1v) is 40.2. The third-order valence-electron chi connectivity index (χ3n) is 15.5. The van der Waals surface area contributed by atoms with Crippen LogP contribution in [0.4, 0.5) is 69.3 Å². The standard InChI is InChI=1S/C18H28N6.C17H27N6.C16H24N6.C15H22N6.4CH4O4S/c1-14-11-15(20-13-18(2,3)12-19-4)7-8-16(14)21-22-17-23(5)9-10-24(17)6;1-14-13-15(21(4)10-9-20(2)3)7-8-16(14)18-19-17-22(5)11-12-23(17)6;1-13-12-14(18-9-5-8-17-2)6-7-15(13)19-20-16-21(3)10-11-22(16)4;1-12-11-13(17-8-7-16-2)5-6-14(12)18-19-15-20(3)9-10-21(15)4;4*1-5-6(2,3)4/h7-11,19H,12-13H2,1-6H3;7-8,11-13H,9-10H2,1-6H3;6-7,10-12,17H,5,8-9H2,1-4H3;5-6,9-11,16H,7-8H2,1-4H3;4*1H3,(H,2,3,4)/q;+1;;;;;;/p-1. The molecule has 4 aromatic heterocycles. The van der Waals surface area contributed by atoms with Gasteiger partial charge in [0.25, 0.3) is 0 Å². The smallest absolute Gasteiger partial charge is 0.421 e. The summed E-state index contributed by atoms with van der Waals surface area (Å²) in [6.07, 6.45) is 16.8. The minimum Gasteiger partial charge on any atom is -0.726 e. The first-order chi connectivity index (χ1) is 53.2. The average Bonchev–Trinajstić information content (AvgIpc) is 0.976. The lowest BCUT2D eigenvalue weighted by Crippen LogP contribution is -2.33. The molecule has 4 aromatic carbocycles. The number of rotatable bonds is 30. The van der Waals surface area contributed by atoms with E-state index in [-0.39, 0.29) is 5.41 Å². The molecule has 636 valence electrons. The van der Waals surface area contributed by atoms with Crippen LogP contribution in [0, 0.1) is 33.1 Å². The quantitative estimate of drug-likeness (QED) is 0.00869. The first kappa shape index (κ1) is 103. The third kappa shape index (κ3) is 43.2. The molecule has 4 heterocycles. The molecule has 0 fully saturated rings. The Morgan fingerprint density at radius 3 is 0.947 bits per heavy atom. The summed E-state index contributed by atoms with van der Waals surface area (Å²) in [6, 6.07) is 24.7. The Balaban J connectivity index is 0.000000692. The summed E-state index contributed by atoms with van der Waals surface area (Å²) in [4.78, 5) is 4.44. The topological polar surface area (TPSA) is 479 Å². The zero-order chi connectivity index (χ0) is 86.7. The number of nitrogens with one attached hydrogen (secondary N) is 6. The number of azo groups is 4. The fraction of sp³-hybridized carbons (Fsp3) is 0.486. The van der Waals surface area contributed by atoms with Gasteiger partial charge >= 0.3 is 23.8 Å². The molecule has 8 aromatic rings. The molecule has 0 aliphatic rings. The number of aromatic nitrogens is 8. The van der Waals surface area contributed by atoms with Crippen LogP contribution in [0.2, 0.25) is 0 Å². The number of hydrogen-bond acceptors (Lipinski definition) is 32. The molecule has 114 heavy (non-hydrogen) atoms. The van der Waals surface area contributed by atoms with Gasteiger partial charge in [-0.25, -0.2) is 70.2 Å². The Hall–Kier alpha value is -9.36. The number of imidazole rings is 4. The molecule has 0 bridgehead atoms. The van der Waals surface area contributed by atoms with Crippen molar-refractivity contribution in [3.05, 3.63) is 145 Å². The maximum absolute atomic E-state index is 9.22. The molecule has 0 aliphatic heterocycles. The van der Waals surface area contributed by atoms with Crippen molar-refractivity contribution in [1.82, 2.24) is 39.1 Å². The highest BCUT2D eigenvalue weighted by Crippen LogP contribution is 2.29. The number of hydrogen-bond donors (Lipinski definition) is 6. The van der Waals surface area contributed by atoms with E-state index < -0.39 is 41.6 Å². The van der Waals surface area contributed by atoms with Gasteiger partial charge in [-0.2, -0.15) is 0 Å². The Kier molecular flexibility index (Phi) is 46.4. The van der Waals surface area contributed by atoms with Crippen molar-refractivity contribution in [2.75, 3.05) is 144 Å². The molecule has 6 N–H and O–H groups in total. The second-order valence-corrected chi connectivity index (χ2v) is 30.6. The Morgan fingerprint density at radius 2 is 0.693 bits per heavy atom. The molecule has 0 saturated heterocycles. The lowest BCUT2D eigenvalue weighted by Gasteiger charge is -2.25. The Labute approximate surface area is 672 Å². The van der Waals surface area contributed by atoms with E-state index in [2.05, 4.69) is 192 Å². The highest BCUT2D eigenvalue weighted by atomic mass is 32.3. The fourth-order valence-corrected chi connectivity index (χ4v) is 9.10. The minimum atomic E-state index is -4.41. The van der Waals surface area contributed by atoms with Crippen LogP contribution in [0.25, 0.3) is 0 Å². The first-order valence-electron chi connectivity index (χ1n) is 34.9. The molecule has 8 rings (SSSR count). The van der Waals surface area contributed by atoms with Gasteiger partial charge in [0.2, 0.25) is 41.6 Å². The Morgan fingerprint density at radius 1 is 0.404 bits per heavy atom. The van der Waals surface area contributed by atoms with Gasteiger partial charge in [-0.1, -0.05) is 34.3 Å². The van der Waals surface area contributed by atoms with Crippen molar-refractivity contribution in [3.8, 4) is 0 Å². The van der Waals surface area contributed by atoms with E-state index >= 15 is 0 Å². The zero-order valence-electron chi connectivity index (χ0n) is 69.6. The molecule has 40 nitrogen and oxygen atoms in total. The Bertz CT molecular complexity index is 4610. The van der Waals surface area contributed by atoms with Gasteiger partial charge in [0, 0.05) is 96.1 Å². The summed E-state index contributed by atoms with van der Waals surface area (Å²) in [5.41, 5.74) is 12.7. The largest absolute Gasteiger partial charge is 0.726 e. The summed E-state index contributed by atoms with van der Waals surface area (Å²) in [5.74, 6) is 3.25. The van der Waals surface area contributed by atoms with E-state index in [0.29, 0.717) is 0 Å². The minimum absolute atomic E-state index is 0.197. The summed E-state index contributed by atoms with van der Waals surface area (Å²) < 4.78 is 140. The van der Waals surface area contributed by atoms with Gasteiger partial charge in [-0.15, -0.1) is 0 Å². The van der Waals surface area contributed by atoms with Crippen LogP contribution >= 0.6 is 0 Å². The highest BCUT2D eigenvalue weighted by molar-refractivity contribution is 7.81. The molecular formula is C70H116N24O16S4. The lowest BCUT2D eigenvalue weighted by atomic mass is 9.93. The normalized spacial score (nSPS) is 11.6. The van der Waals surface area contributed by atoms with E-state index in [4.69, 9.17) is 0 Å². The fourth-order valence-electron chi connectivity index (χ4n) is 9.10. The summed E-state index contributed by atoms with van der Waals surface area (Å²) in [6.45, 7) is 20.4. The summed E-state index contributed by atoms with van der Waals surface area (Å²) in [5, 5.41) is 54.7. The van der Waals surface area contributed by atoms with Crippen LogP contribution in [-0.2, 0) is 115 Å². The molecular weight excluding hydrogens is 1560 g/mol. The van der Waals surface area contributed by atoms with Crippen LogP contribution in [0.5, 0.6) is 0 Å². The molecule has 0 saturated carbocycles. The number of aryl methyl sites for hydroxylation is 12. The monoisotopic (exact) mass is 1680 g/mol. The molecule has 0 atom stereocenters. The zero-order valence-corrected chi connectivity index (χ0v) is 72.9. The van der Waals surface area contributed by atoms with E-state index in [1.165, 1.54) is 5.69 Å². The summed E-state index contributed by atoms with van der Waals surface area (Å²) in [7, 11) is 13.4. The number of likely N-dealkylation sites (N-methyl/N-ethyl adjacent to an activating group) is 3. The van der Waals surface area contributed by atoms with Crippen molar-refractivity contribution >= 4 is 111 Å². The highest BCUT2D eigenvalue weighted by Gasteiger charge is 2.18. The van der Waals surface area contributed by atoms with Crippen LogP contribution in [0.3, 0.4) is 0 Å². The maximum atomic E-state index is 9.22. The van der Waals surface area contributed by atoms with Crippen molar-refractivity contribution in [1.29, 1.82) is 0 Å². The van der Waals surface area contributed by atoms with Gasteiger partial charge in [0.05, 0.1) is 134 Å². The van der Waals surface area contributed by atoms with Crippen LogP contribution in [0.15, 0.2) is 163 Å². The third-order valence-corrected chi connectivity index (χ3v) is 17.2. The van der Waals surface area contributed by atoms with Gasteiger partial charge in [0.1, 0.15) is 22.7 Å². The van der Waals surface area contributed by atoms with Crippen LogP contribution in [-0.4, -0.2) is 198 Å². The van der Waals surface area contributed by atoms with Crippen molar-refractivity contribution in [2.24, 2.45) is 103 Å². The van der Waals surface area contributed by atoms with Gasteiger partial charge in [-0.3, -0.25) is 16.7 Å². The molecule has 0 radical (unpaired) electrons. The average molecular weight is 1680 g/mol. The number of benzene rings is 4. The molecule has 0 spiro atoms. The number of nitrogens with zero attached hydrogens (tertiary/aromatic N) is 18. The second kappa shape index (κ2) is 51.5. The maximum Gasteiger partial charge on any atom is 0.421 e. The van der Waals surface area contributed by atoms with Crippen molar-refractivity contribution in [2.45, 2.75) is 48.0 Å². The predicted molar refractivity (Wildman–Crippen MR) is 432 cm³/mol. The number of anilines is 4. The van der Waals surface area contributed by atoms with E-state index in [1.807, 2.05) is 207 Å². The van der Waals surface area contributed by atoms with Crippen molar-refractivity contribution in [3.63, 3.8) is 0 Å². The molecule has 0 unspecified atom stereocenters. The lowest BCUT2D eigenvalue weighted by molar-refractivity contribution is -0.657. The summed E-state index contributed by atoms with van der Waals surface area (Å²) >= 11 is 0. The molecule has 0 aliphatic carbocycles. The van der Waals surface area contributed by atoms with E-state index in [9.17, 15) is 51.9 Å². The second-order valence-electron chi connectivity index (χ2n) is 26.0. The predicted octanol–water partition coefficient (Wildman–Crippen LogP) is 6.97. The van der Waals surface area contributed by atoms with Crippen LogP contribution in [0.1, 0.15) is 42.5 Å². The van der Waals surface area contributed by atoms with Crippen molar-refractivity contribution < 1.29 is 86.9 Å². The van der Waals surface area contributed by atoms with Gasteiger partial charge in [0.15, 0.2) is 0 Å². The molecule has 44 heteroatoms. The SMILES string of the molecule is CNCC(C)(C)CNc1ccc(N=Nc2n(C)cc[n+]2C)c(C)c1.CNCCCNc1ccc(N=Nc2n(C)cc[n+]2C)c(C)c1.CNCCNc1ccc(N=Nc2n(C)cc[n+]2C)c(C)c1.COS(=O)(=O)[O-].COS(=O)(=O)[O-].COS(=O)(=O)[O-].COS(=O)(=O)[O-].Cc1cc(N(C)CCN(C)C)ccc1N=Nc1n(C)cc[n+]1C. The molecule has 0 amide bonds. The van der Waals surface area contributed by atoms with Gasteiger partial charge < -0.3 is 59.9 Å². The van der Waals surface area contributed by atoms with Gasteiger partial charge in [-0.05, 0) is 176 Å². The van der Waals surface area contributed by atoms with E-state index in [0.717, 1.165) is 173 Å². The van der Waals surface area contributed by atoms with E-state index in [1.54, 1.807) is 0 Å².